The fourth-order valence-corrected chi connectivity index (χ4v) is 9.85. The van der Waals surface area contributed by atoms with E-state index in [-0.39, 0.29) is 11.6 Å². The Morgan fingerprint density at radius 1 is 0.562 bits per heavy atom. The summed E-state index contributed by atoms with van der Waals surface area (Å²) in [6, 6.07) is 8.08. The van der Waals surface area contributed by atoms with Gasteiger partial charge in [0.1, 0.15) is 33.7 Å². The highest BCUT2D eigenvalue weighted by Crippen LogP contribution is 2.60. The Kier molecular flexibility index (Phi) is 10.5. The molecule has 7 rings (SSSR count). The van der Waals surface area contributed by atoms with Gasteiger partial charge in [0.05, 0.1) is 23.5 Å². The van der Waals surface area contributed by atoms with Crippen LogP contribution in [-0.4, -0.2) is 17.5 Å². The Morgan fingerprint density at radius 3 is 1.67 bits per heavy atom. The molecule has 2 aromatic heterocycles. The number of hydrogen-bond donors (Lipinski definition) is 0. The summed E-state index contributed by atoms with van der Waals surface area (Å²) in [5, 5.41) is 0. The molecule has 0 fully saturated rings. The molecule has 0 spiro atoms. The van der Waals surface area contributed by atoms with E-state index in [1.807, 2.05) is 18.2 Å². The second-order valence-electron chi connectivity index (χ2n) is 14.3. The molecule has 0 atom stereocenters. The zero-order chi connectivity index (χ0) is 33.1. The molecule has 4 nitrogen and oxygen atoms in total. The maximum atomic E-state index is 17.8. The predicted molar refractivity (Wildman–Crippen MR) is 197 cm³/mol. The summed E-state index contributed by atoms with van der Waals surface area (Å²) in [5.74, 6) is -0.545. The van der Waals surface area contributed by atoms with Crippen LogP contribution in [0.5, 0.6) is 0 Å². The molecule has 0 saturated heterocycles. The molecule has 3 aromatic carbocycles. The van der Waals surface area contributed by atoms with Crippen molar-refractivity contribution >= 4 is 45.5 Å². The Hall–Kier alpha value is -2.84. The van der Waals surface area contributed by atoms with Crippen LogP contribution >= 0.6 is 23.5 Å². The molecule has 0 aliphatic heterocycles. The van der Waals surface area contributed by atoms with Crippen LogP contribution in [0, 0.1) is 11.6 Å². The summed E-state index contributed by atoms with van der Waals surface area (Å²) >= 11 is 2.29. The molecule has 2 aliphatic carbocycles. The summed E-state index contributed by atoms with van der Waals surface area (Å²) in [6.45, 7) is 4.51. The number of fused-ring (bicyclic) bond motifs is 10. The second kappa shape index (κ2) is 15.0. The normalized spacial score (nSPS) is 14.2. The monoisotopic (exact) mass is 686 g/mol. The number of hydrogen-bond acceptors (Lipinski definition) is 6. The molecular weight excluding hydrogens is 639 g/mol. The van der Waals surface area contributed by atoms with Gasteiger partial charge in [-0.2, -0.15) is 17.5 Å². The van der Waals surface area contributed by atoms with E-state index >= 15 is 8.78 Å². The lowest BCUT2D eigenvalue weighted by molar-refractivity contribution is 0.383. The third-order valence-corrected chi connectivity index (χ3v) is 12.3. The fraction of sp³-hybridized carbons (Fsp3) is 0.550. The van der Waals surface area contributed by atoms with E-state index < -0.39 is 5.41 Å². The maximum Gasteiger partial charge on any atom is 0.136 e. The Labute approximate surface area is 292 Å². The largest absolute Gasteiger partial charge is 0.206 e. The van der Waals surface area contributed by atoms with Crippen LogP contribution < -0.4 is 0 Å². The first-order valence-electron chi connectivity index (χ1n) is 18.7. The number of benzene rings is 3. The van der Waals surface area contributed by atoms with E-state index in [1.54, 1.807) is 0 Å². The smallest absolute Gasteiger partial charge is 0.136 e. The molecular formula is C40H48F2N4S2. The molecule has 5 aromatic rings. The number of halogens is 2. The van der Waals surface area contributed by atoms with Crippen molar-refractivity contribution in [2.75, 3.05) is 0 Å². The third-order valence-electron chi connectivity index (χ3n) is 11.2. The lowest BCUT2D eigenvalue weighted by Gasteiger charge is -2.33. The van der Waals surface area contributed by atoms with Crippen LogP contribution in [0.4, 0.5) is 8.78 Å². The molecule has 2 aliphatic rings. The van der Waals surface area contributed by atoms with Gasteiger partial charge in [-0.05, 0) is 36.1 Å². The van der Waals surface area contributed by atoms with Crippen molar-refractivity contribution < 1.29 is 8.78 Å². The average molecular weight is 687 g/mol. The van der Waals surface area contributed by atoms with Crippen LogP contribution in [-0.2, 0) is 11.8 Å². The summed E-state index contributed by atoms with van der Waals surface area (Å²) in [7, 11) is 0. The molecule has 254 valence electrons. The second-order valence-corrected chi connectivity index (χ2v) is 15.3. The first kappa shape index (κ1) is 33.6. The highest BCUT2D eigenvalue weighted by Gasteiger charge is 2.49. The summed E-state index contributed by atoms with van der Waals surface area (Å²) < 4.78 is 53.4. The Bertz CT molecular complexity index is 1870. The van der Waals surface area contributed by atoms with Crippen molar-refractivity contribution in [2.24, 2.45) is 0 Å². The van der Waals surface area contributed by atoms with Crippen molar-refractivity contribution in [3.8, 4) is 22.3 Å². The van der Waals surface area contributed by atoms with Gasteiger partial charge in [-0.1, -0.05) is 129 Å². The highest BCUT2D eigenvalue weighted by atomic mass is 32.1. The van der Waals surface area contributed by atoms with Gasteiger partial charge < -0.3 is 0 Å². The van der Waals surface area contributed by atoms with Gasteiger partial charge >= 0.3 is 0 Å². The highest BCUT2D eigenvalue weighted by molar-refractivity contribution is 7.00. The van der Waals surface area contributed by atoms with E-state index in [9.17, 15) is 0 Å². The van der Waals surface area contributed by atoms with Crippen LogP contribution in [0.15, 0.2) is 24.3 Å². The van der Waals surface area contributed by atoms with E-state index in [1.165, 1.54) is 77.0 Å². The molecule has 0 bridgehead atoms. The third kappa shape index (κ3) is 5.99. The van der Waals surface area contributed by atoms with Gasteiger partial charge in [-0.3, -0.25) is 0 Å². The molecule has 0 saturated carbocycles. The van der Waals surface area contributed by atoms with Crippen molar-refractivity contribution in [3.05, 3.63) is 58.2 Å². The number of rotatable bonds is 18. The van der Waals surface area contributed by atoms with Crippen molar-refractivity contribution in [1.29, 1.82) is 0 Å². The number of nitrogens with zero attached hydrogens (tertiary/aromatic N) is 4. The molecule has 8 heteroatoms. The molecule has 0 N–H and O–H groups in total. The van der Waals surface area contributed by atoms with E-state index in [0.29, 0.717) is 39.7 Å². The molecule has 0 unspecified atom stereocenters. The molecule has 0 amide bonds. The zero-order valence-electron chi connectivity index (χ0n) is 28.6. The minimum absolute atomic E-state index is 0.257. The predicted octanol–water partition coefficient (Wildman–Crippen LogP) is 12.9. The summed E-state index contributed by atoms with van der Waals surface area (Å²) in [6.07, 6.45) is 21.3. The Morgan fingerprint density at radius 2 is 1.08 bits per heavy atom. The van der Waals surface area contributed by atoms with Gasteiger partial charge in [-0.25, -0.2) is 8.78 Å². The Balaban J connectivity index is 1.30. The van der Waals surface area contributed by atoms with E-state index in [4.69, 9.17) is 4.37 Å². The maximum absolute atomic E-state index is 17.8. The SMILES string of the molecule is CCCCCCCCCCC1(CCCCCCCCCC)c2ccc3nsnc3c2-c2c(F)c3c(c(F)c21)-c1c(ccc2nsnc12)C3. The topological polar surface area (TPSA) is 51.6 Å². The van der Waals surface area contributed by atoms with E-state index in [0.717, 1.165) is 95.3 Å². The summed E-state index contributed by atoms with van der Waals surface area (Å²) in [5.41, 5.74) is 7.67. The standard InChI is InChI=1S/C40H48F2N4S2/c1-3-5-7-9-11-13-15-17-23-40(24-18-16-14-12-10-8-6-4-2)28-20-22-30-39(46-48-44-30)33(28)34-35(40)37(42)32-27(36(34)41)25-26-19-21-29-38(31(26)32)45-47-43-29/h19-22H,3-18,23-25H2,1-2H3. The van der Waals surface area contributed by atoms with Crippen LogP contribution in [0.2, 0.25) is 0 Å². The molecule has 48 heavy (non-hydrogen) atoms. The summed E-state index contributed by atoms with van der Waals surface area (Å²) in [4.78, 5) is 0. The average Bonchev–Trinajstić information content (AvgIpc) is 3.89. The minimum atomic E-state index is -0.607. The van der Waals surface area contributed by atoms with Crippen molar-refractivity contribution in [1.82, 2.24) is 17.5 Å². The zero-order valence-corrected chi connectivity index (χ0v) is 30.2. The number of unbranched alkanes of at least 4 members (excludes halogenated alkanes) is 14. The van der Waals surface area contributed by atoms with Crippen LogP contribution in [0.3, 0.4) is 0 Å². The van der Waals surface area contributed by atoms with Crippen LogP contribution in [0.1, 0.15) is 152 Å². The van der Waals surface area contributed by atoms with Gasteiger partial charge in [0, 0.05) is 45.2 Å². The quantitative estimate of drug-likeness (QED) is 0.0845. The first-order chi connectivity index (χ1) is 23.6. The van der Waals surface area contributed by atoms with E-state index in [2.05, 4.69) is 33.0 Å². The van der Waals surface area contributed by atoms with Gasteiger partial charge in [0.2, 0.25) is 0 Å². The van der Waals surface area contributed by atoms with Crippen molar-refractivity contribution in [2.45, 2.75) is 141 Å². The first-order valence-corrected chi connectivity index (χ1v) is 20.1. The fourth-order valence-electron chi connectivity index (χ4n) is 8.76. The van der Waals surface area contributed by atoms with Crippen LogP contribution in [0.25, 0.3) is 44.3 Å². The number of aromatic nitrogens is 4. The van der Waals surface area contributed by atoms with Gasteiger partial charge in [0.25, 0.3) is 0 Å². The van der Waals surface area contributed by atoms with Crippen molar-refractivity contribution in [3.63, 3.8) is 0 Å². The van der Waals surface area contributed by atoms with Gasteiger partial charge in [0.15, 0.2) is 0 Å². The van der Waals surface area contributed by atoms with Gasteiger partial charge in [-0.15, -0.1) is 0 Å². The lowest BCUT2D eigenvalue weighted by atomic mass is 9.69. The molecule has 2 heterocycles. The molecule has 0 radical (unpaired) electrons. The minimum Gasteiger partial charge on any atom is -0.206 e. The lowest BCUT2D eigenvalue weighted by Crippen LogP contribution is -2.27.